The summed E-state index contributed by atoms with van der Waals surface area (Å²) in [5.41, 5.74) is 2.30. The van der Waals surface area contributed by atoms with E-state index in [9.17, 15) is 0 Å². The lowest BCUT2D eigenvalue weighted by molar-refractivity contribution is 0.802. The van der Waals surface area contributed by atoms with E-state index in [2.05, 4.69) is 47.4 Å². The van der Waals surface area contributed by atoms with Crippen molar-refractivity contribution in [1.29, 1.82) is 0 Å². The highest BCUT2D eigenvalue weighted by Gasteiger charge is 2.29. The summed E-state index contributed by atoms with van der Waals surface area (Å²) in [6.07, 6.45) is 6.82. The number of rotatable bonds is 4. The number of fused-ring (bicyclic) bond motifs is 1. The minimum absolute atomic E-state index is 0.535. The van der Waals surface area contributed by atoms with Gasteiger partial charge in [0.15, 0.2) is 5.82 Å². The Labute approximate surface area is 146 Å². The molecule has 0 saturated heterocycles. The Morgan fingerprint density at radius 1 is 0.920 bits per heavy atom. The molecule has 0 N–H and O–H groups in total. The lowest BCUT2D eigenvalue weighted by Crippen LogP contribution is -2.04. The summed E-state index contributed by atoms with van der Waals surface area (Å²) in [7, 11) is 0. The molecule has 1 aliphatic rings. The van der Waals surface area contributed by atoms with Crippen LogP contribution in [0.5, 0.6) is 0 Å². The second kappa shape index (κ2) is 5.81. The van der Waals surface area contributed by atoms with Gasteiger partial charge >= 0.3 is 0 Å². The van der Waals surface area contributed by atoms with E-state index in [0.29, 0.717) is 5.92 Å². The summed E-state index contributed by atoms with van der Waals surface area (Å²) < 4.78 is 2.04. The van der Waals surface area contributed by atoms with Crippen molar-refractivity contribution in [2.45, 2.75) is 25.2 Å². The van der Waals surface area contributed by atoms with Crippen molar-refractivity contribution in [3.8, 4) is 5.69 Å². The van der Waals surface area contributed by atoms with Gasteiger partial charge in [-0.05, 0) is 42.0 Å². The van der Waals surface area contributed by atoms with Crippen LogP contribution in [0.2, 0.25) is 0 Å². The largest absolute Gasteiger partial charge is 0.265 e. The predicted octanol–water partition coefficient (Wildman–Crippen LogP) is 4.28. The van der Waals surface area contributed by atoms with Crippen LogP contribution >= 0.6 is 0 Å². The molecule has 0 spiro atoms. The topological polar surface area (TPSA) is 43.6 Å². The molecule has 0 atom stereocenters. The van der Waals surface area contributed by atoms with Crippen molar-refractivity contribution < 1.29 is 0 Å². The quantitative estimate of drug-likeness (QED) is 0.562. The maximum Gasteiger partial charge on any atom is 0.154 e. The molecule has 0 bridgehead atoms. The van der Waals surface area contributed by atoms with Crippen molar-refractivity contribution in [1.82, 2.24) is 19.7 Å². The zero-order chi connectivity index (χ0) is 16.6. The molecular formula is C21H18N4. The molecule has 1 fully saturated rings. The van der Waals surface area contributed by atoms with Crippen LogP contribution in [0, 0.1) is 0 Å². The van der Waals surface area contributed by atoms with Crippen LogP contribution in [0.25, 0.3) is 16.5 Å². The number of benzene rings is 2. The molecule has 25 heavy (non-hydrogen) atoms. The minimum atomic E-state index is 0.535. The molecule has 0 radical (unpaired) electrons. The van der Waals surface area contributed by atoms with E-state index in [-0.39, 0.29) is 0 Å². The van der Waals surface area contributed by atoms with E-state index in [1.165, 1.54) is 29.2 Å². The van der Waals surface area contributed by atoms with Gasteiger partial charge in [0.2, 0.25) is 0 Å². The molecule has 2 heterocycles. The first-order valence-corrected chi connectivity index (χ1v) is 8.71. The number of pyridine rings is 1. The Kier molecular flexibility index (Phi) is 3.33. The normalized spacial score (nSPS) is 14.1. The van der Waals surface area contributed by atoms with E-state index < -0.39 is 0 Å². The first-order valence-electron chi connectivity index (χ1n) is 8.71. The van der Waals surface area contributed by atoms with Crippen LogP contribution in [0.4, 0.5) is 0 Å². The third kappa shape index (κ3) is 2.70. The first-order chi connectivity index (χ1) is 12.4. The number of aromatic nitrogens is 4. The molecule has 0 unspecified atom stereocenters. The van der Waals surface area contributed by atoms with Crippen LogP contribution in [0.3, 0.4) is 0 Å². The van der Waals surface area contributed by atoms with Gasteiger partial charge in [-0.15, -0.1) is 0 Å². The van der Waals surface area contributed by atoms with Gasteiger partial charge in [0.25, 0.3) is 0 Å². The van der Waals surface area contributed by atoms with Crippen molar-refractivity contribution in [2.75, 3.05) is 0 Å². The molecule has 5 rings (SSSR count). The van der Waals surface area contributed by atoms with Gasteiger partial charge < -0.3 is 0 Å². The van der Waals surface area contributed by atoms with E-state index in [0.717, 1.165) is 23.8 Å². The van der Waals surface area contributed by atoms with Gasteiger partial charge in [-0.2, -0.15) is 5.10 Å². The van der Waals surface area contributed by atoms with Gasteiger partial charge in [0, 0.05) is 30.1 Å². The van der Waals surface area contributed by atoms with Crippen LogP contribution in [0.15, 0.2) is 67.0 Å². The Balaban J connectivity index is 1.66. The third-order valence-corrected chi connectivity index (χ3v) is 4.74. The lowest BCUT2D eigenvalue weighted by Gasteiger charge is -2.09. The van der Waals surface area contributed by atoms with Crippen LogP contribution in [0.1, 0.15) is 36.0 Å². The zero-order valence-electron chi connectivity index (χ0n) is 13.8. The summed E-state index contributed by atoms with van der Waals surface area (Å²) in [5.74, 6) is 2.51. The van der Waals surface area contributed by atoms with Crippen molar-refractivity contribution in [3.63, 3.8) is 0 Å². The summed E-state index contributed by atoms with van der Waals surface area (Å²) in [6, 6.07) is 18.9. The van der Waals surface area contributed by atoms with E-state index in [4.69, 9.17) is 10.1 Å². The Morgan fingerprint density at radius 3 is 2.56 bits per heavy atom. The molecule has 4 nitrogen and oxygen atoms in total. The molecule has 2 aromatic heterocycles. The fraction of sp³-hybridized carbons (Fsp3) is 0.190. The molecule has 1 aliphatic carbocycles. The second-order valence-electron chi connectivity index (χ2n) is 6.60. The fourth-order valence-corrected chi connectivity index (χ4v) is 3.26. The Hall–Kier alpha value is -3.01. The average Bonchev–Trinajstić information content (AvgIpc) is 3.44. The molecule has 1 saturated carbocycles. The molecular weight excluding hydrogens is 308 g/mol. The number of nitrogens with zero attached hydrogens (tertiary/aromatic N) is 4. The predicted molar refractivity (Wildman–Crippen MR) is 97.9 cm³/mol. The zero-order valence-corrected chi connectivity index (χ0v) is 13.8. The molecule has 4 aromatic rings. The van der Waals surface area contributed by atoms with Gasteiger partial charge in [-0.3, -0.25) is 4.98 Å². The van der Waals surface area contributed by atoms with Gasteiger partial charge in [-0.25, -0.2) is 9.67 Å². The van der Waals surface area contributed by atoms with E-state index in [1.54, 1.807) is 0 Å². The summed E-state index contributed by atoms with van der Waals surface area (Å²) in [4.78, 5) is 8.99. The van der Waals surface area contributed by atoms with E-state index in [1.807, 2.05) is 29.2 Å². The van der Waals surface area contributed by atoms with Crippen LogP contribution in [-0.2, 0) is 6.42 Å². The molecule has 0 amide bonds. The highest BCUT2D eigenvalue weighted by atomic mass is 15.4. The summed E-state index contributed by atoms with van der Waals surface area (Å²) in [5, 5.41) is 7.30. The standard InChI is InChI=1S/C21H18N4/c1-2-6-18-16(4-1)5-3-7-19(18)25-20(14-15-10-12-22-13-11-15)23-21(24-25)17-8-9-17/h1-7,10-13,17H,8-9,14H2. The van der Waals surface area contributed by atoms with Gasteiger partial charge in [0.1, 0.15) is 5.82 Å². The van der Waals surface area contributed by atoms with Crippen molar-refractivity contribution in [3.05, 3.63) is 84.2 Å². The first kappa shape index (κ1) is 14.3. The van der Waals surface area contributed by atoms with Crippen molar-refractivity contribution in [2.24, 2.45) is 0 Å². The SMILES string of the molecule is c1ccc2c(-n3nc(C4CC4)nc3Cc3ccncc3)cccc2c1. The maximum atomic E-state index is 4.88. The highest BCUT2D eigenvalue weighted by molar-refractivity contribution is 5.90. The van der Waals surface area contributed by atoms with E-state index >= 15 is 0 Å². The maximum absolute atomic E-state index is 4.88. The Bertz CT molecular complexity index is 1030. The van der Waals surface area contributed by atoms with Crippen LogP contribution in [-0.4, -0.2) is 19.7 Å². The van der Waals surface area contributed by atoms with Crippen LogP contribution < -0.4 is 0 Å². The fourth-order valence-electron chi connectivity index (χ4n) is 3.26. The summed E-state index contributed by atoms with van der Waals surface area (Å²) in [6.45, 7) is 0. The average molecular weight is 326 g/mol. The number of hydrogen-bond acceptors (Lipinski definition) is 3. The van der Waals surface area contributed by atoms with Crippen molar-refractivity contribution >= 4 is 10.8 Å². The molecule has 122 valence electrons. The molecule has 0 aliphatic heterocycles. The smallest absolute Gasteiger partial charge is 0.154 e. The van der Waals surface area contributed by atoms with Gasteiger partial charge in [-0.1, -0.05) is 36.4 Å². The third-order valence-electron chi connectivity index (χ3n) is 4.74. The highest BCUT2D eigenvalue weighted by Crippen LogP contribution is 2.38. The second-order valence-corrected chi connectivity index (χ2v) is 6.60. The van der Waals surface area contributed by atoms with Gasteiger partial charge in [0.05, 0.1) is 5.69 Å². The Morgan fingerprint density at radius 2 is 1.72 bits per heavy atom. The monoisotopic (exact) mass is 326 g/mol. The molecule has 4 heteroatoms. The minimum Gasteiger partial charge on any atom is -0.265 e. The number of hydrogen-bond donors (Lipinski definition) is 0. The lowest BCUT2D eigenvalue weighted by atomic mass is 10.1. The summed E-state index contributed by atoms with van der Waals surface area (Å²) >= 11 is 0. The molecule has 2 aromatic carbocycles.